The van der Waals surface area contributed by atoms with Crippen LogP contribution in [-0.4, -0.2) is 60.0 Å². The van der Waals surface area contributed by atoms with Crippen molar-refractivity contribution in [3.63, 3.8) is 0 Å². The fourth-order valence-electron chi connectivity index (χ4n) is 4.22. The molecule has 0 aromatic heterocycles. The number of piperazine rings is 1. The molecular weight excluding hydrogens is 395 g/mol. The molecule has 0 bridgehead atoms. The van der Waals surface area contributed by atoms with E-state index in [1.165, 1.54) is 6.07 Å². The minimum atomic E-state index is -0.524. The Morgan fingerprint density at radius 3 is 2.59 bits per heavy atom. The third-order valence-corrected chi connectivity index (χ3v) is 6.41. The second-order valence-corrected chi connectivity index (χ2v) is 8.64. The first-order chi connectivity index (χ1) is 13.8. The molecule has 2 aliphatic heterocycles. The van der Waals surface area contributed by atoms with Crippen molar-refractivity contribution in [3.8, 4) is 0 Å². The standard InChI is InChI=1S/C21H30ClFN4O2/c1-13(2)26-9-6-15(7-10-26)19(16-4-5-18(23)17(22)12-16)25-21(29)27-11-8-24-20(28)14(27)3/h4-5,12-15,19H,6-11H2,1-3H3,(H,24,28)(H,25,29)/t14-,19?/m1/s1. The molecule has 29 heavy (non-hydrogen) atoms. The zero-order valence-corrected chi connectivity index (χ0v) is 18.0. The number of hydrogen-bond acceptors (Lipinski definition) is 3. The molecule has 1 aromatic carbocycles. The molecule has 2 fully saturated rings. The predicted octanol–water partition coefficient (Wildman–Crippen LogP) is 3.17. The van der Waals surface area contributed by atoms with Gasteiger partial charge in [-0.3, -0.25) is 4.79 Å². The van der Waals surface area contributed by atoms with Gasteiger partial charge in [0.15, 0.2) is 0 Å². The van der Waals surface area contributed by atoms with E-state index < -0.39 is 11.9 Å². The van der Waals surface area contributed by atoms with E-state index in [-0.39, 0.29) is 28.9 Å². The Kier molecular flexibility index (Phi) is 7.01. The van der Waals surface area contributed by atoms with E-state index in [0.29, 0.717) is 19.1 Å². The molecule has 2 atom stereocenters. The third-order valence-electron chi connectivity index (χ3n) is 6.12. The summed E-state index contributed by atoms with van der Waals surface area (Å²) in [7, 11) is 0. The summed E-state index contributed by atoms with van der Waals surface area (Å²) in [5.74, 6) is -0.418. The summed E-state index contributed by atoms with van der Waals surface area (Å²) < 4.78 is 13.7. The maximum absolute atomic E-state index is 13.7. The fraction of sp³-hybridized carbons (Fsp3) is 0.619. The molecule has 0 radical (unpaired) electrons. The Labute approximate surface area is 176 Å². The SMILES string of the molecule is CC(C)N1CCC(C(NC(=O)N2CCNC(=O)[C@H]2C)c2ccc(F)c(Cl)c2)CC1. The molecule has 0 spiro atoms. The second kappa shape index (κ2) is 9.30. The molecular formula is C21H30ClFN4O2. The van der Waals surface area contributed by atoms with Crippen molar-refractivity contribution in [2.45, 2.75) is 51.7 Å². The van der Waals surface area contributed by atoms with Crippen molar-refractivity contribution in [3.05, 3.63) is 34.6 Å². The molecule has 0 saturated carbocycles. The van der Waals surface area contributed by atoms with E-state index in [1.54, 1.807) is 24.0 Å². The molecule has 8 heteroatoms. The van der Waals surface area contributed by atoms with Crippen LogP contribution in [0.5, 0.6) is 0 Å². The highest BCUT2D eigenvalue weighted by molar-refractivity contribution is 6.30. The Hall–Kier alpha value is -1.86. The monoisotopic (exact) mass is 424 g/mol. The van der Waals surface area contributed by atoms with Crippen LogP contribution in [0.25, 0.3) is 0 Å². The first-order valence-electron chi connectivity index (χ1n) is 10.3. The maximum atomic E-state index is 13.7. The number of likely N-dealkylation sites (tertiary alicyclic amines) is 1. The summed E-state index contributed by atoms with van der Waals surface area (Å²) in [5.41, 5.74) is 0.793. The van der Waals surface area contributed by atoms with E-state index >= 15 is 0 Å². The number of benzene rings is 1. The summed E-state index contributed by atoms with van der Waals surface area (Å²) >= 11 is 6.03. The molecule has 2 heterocycles. The average Bonchev–Trinajstić information content (AvgIpc) is 2.70. The van der Waals surface area contributed by atoms with Crippen LogP contribution in [-0.2, 0) is 4.79 Å². The number of rotatable bonds is 4. The zero-order chi connectivity index (χ0) is 21.1. The van der Waals surface area contributed by atoms with Gasteiger partial charge in [0.25, 0.3) is 0 Å². The van der Waals surface area contributed by atoms with Crippen LogP contribution in [0.1, 0.15) is 45.2 Å². The number of nitrogens with one attached hydrogen (secondary N) is 2. The molecule has 2 saturated heterocycles. The normalized spacial score (nSPS) is 22.5. The smallest absolute Gasteiger partial charge is 0.318 e. The second-order valence-electron chi connectivity index (χ2n) is 8.23. The Morgan fingerprint density at radius 1 is 1.28 bits per heavy atom. The van der Waals surface area contributed by atoms with Gasteiger partial charge in [-0.25, -0.2) is 9.18 Å². The average molecular weight is 425 g/mol. The lowest BCUT2D eigenvalue weighted by molar-refractivity contribution is -0.126. The van der Waals surface area contributed by atoms with Gasteiger partial charge in [-0.05, 0) is 70.3 Å². The van der Waals surface area contributed by atoms with Crippen molar-refractivity contribution in [2.75, 3.05) is 26.2 Å². The largest absolute Gasteiger partial charge is 0.353 e. The highest BCUT2D eigenvalue weighted by Gasteiger charge is 2.34. The van der Waals surface area contributed by atoms with E-state index in [1.807, 2.05) is 0 Å². The predicted molar refractivity (Wildman–Crippen MR) is 111 cm³/mol. The summed E-state index contributed by atoms with van der Waals surface area (Å²) in [6.45, 7) is 8.89. The Bertz CT molecular complexity index is 752. The highest BCUT2D eigenvalue weighted by Crippen LogP contribution is 2.33. The first kappa shape index (κ1) is 21.8. The van der Waals surface area contributed by atoms with Crippen molar-refractivity contribution in [1.82, 2.24) is 20.4 Å². The number of piperidine rings is 1. The topological polar surface area (TPSA) is 64.7 Å². The van der Waals surface area contributed by atoms with Crippen molar-refractivity contribution in [2.24, 2.45) is 5.92 Å². The van der Waals surface area contributed by atoms with E-state index in [4.69, 9.17) is 11.6 Å². The molecule has 6 nitrogen and oxygen atoms in total. The van der Waals surface area contributed by atoms with Crippen LogP contribution in [0, 0.1) is 11.7 Å². The van der Waals surface area contributed by atoms with Crippen LogP contribution in [0.3, 0.4) is 0 Å². The van der Waals surface area contributed by atoms with E-state index in [2.05, 4.69) is 29.4 Å². The lowest BCUT2D eigenvalue weighted by Gasteiger charge is -2.40. The van der Waals surface area contributed by atoms with Gasteiger partial charge in [0.05, 0.1) is 11.1 Å². The molecule has 0 aliphatic carbocycles. The van der Waals surface area contributed by atoms with Crippen LogP contribution >= 0.6 is 11.6 Å². The minimum absolute atomic E-state index is 0.0482. The molecule has 160 valence electrons. The summed E-state index contributed by atoms with van der Waals surface area (Å²) in [6, 6.07) is 4.03. The number of halogens is 2. The third kappa shape index (κ3) is 5.01. The van der Waals surface area contributed by atoms with Gasteiger partial charge in [-0.2, -0.15) is 0 Å². The number of carbonyl (C=O) groups excluding carboxylic acids is 2. The number of nitrogens with zero attached hydrogens (tertiary/aromatic N) is 2. The molecule has 1 unspecified atom stereocenters. The highest BCUT2D eigenvalue weighted by atomic mass is 35.5. The van der Waals surface area contributed by atoms with E-state index in [9.17, 15) is 14.0 Å². The van der Waals surface area contributed by atoms with Crippen LogP contribution in [0.15, 0.2) is 18.2 Å². The van der Waals surface area contributed by atoms with E-state index in [0.717, 1.165) is 31.5 Å². The molecule has 2 N–H and O–H groups in total. The lowest BCUT2D eigenvalue weighted by atomic mass is 9.85. The number of hydrogen-bond donors (Lipinski definition) is 2. The van der Waals surface area contributed by atoms with Crippen molar-refractivity contribution >= 4 is 23.5 Å². The van der Waals surface area contributed by atoms with Crippen molar-refractivity contribution < 1.29 is 14.0 Å². The first-order valence-corrected chi connectivity index (χ1v) is 10.7. The van der Waals surface area contributed by atoms with Gasteiger partial charge >= 0.3 is 6.03 Å². The van der Waals surface area contributed by atoms with Gasteiger partial charge in [0.1, 0.15) is 11.9 Å². The number of urea groups is 1. The van der Waals surface area contributed by atoms with Crippen LogP contribution in [0.2, 0.25) is 5.02 Å². The zero-order valence-electron chi connectivity index (χ0n) is 17.3. The van der Waals surface area contributed by atoms with Crippen LogP contribution in [0.4, 0.5) is 9.18 Å². The quantitative estimate of drug-likeness (QED) is 0.780. The van der Waals surface area contributed by atoms with Gasteiger partial charge < -0.3 is 20.4 Å². The molecule has 2 aliphatic rings. The molecule has 3 rings (SSSR count). The number of amides is 3. The van der Waals surface area contributed by atoms with Crippen LogP contribution < -0.4 is 10.6 Å². The Balaban J connectivity index is 1.80. The summed E-state index contributed by atoms with van der Waals surface area (Å²) in [6.07, 6.45) is 1.85. The van der Waals surface area contributed by atoms with Gasteiger partial charge in [0, 0.05) is 19.1 Å². The summed E-state index contributed by atoms with van der Waals surface area (Å²) in [5, 5.41) is 5.94. The number of carbonyl (C=O) groups is 2. The maximum Gasteiger partial charge on any atom is 0.318 e. The molecule has 1 aromatic rings. The van der Waals surface area contributed by atoms with Gasteiger partial charge in [-0.15, -0.1) is 0 Å². The lowest BCUT2D eigenvalue weighted by Crippen LogP contribution is -2.59. The fourth-order valence-corrected chi connectivity index (χ4v) is 4.41. The van der Waals surface area contributed by atoms with Gasteiger partial charge in [0.2, 0.25) is 5.91 Å². The minimum Gasteiger partial charge on any atom is -0.353 e. The summed E-state index contributed by atoms with van der Waals surface area (Å²) in [4.78, 5) is 28.9. The van der Waals surface area contributed by atoms with Gasteiger partial charge in [-0.1, -0.05) is 17.7 Å². The Morgan fingerprint density at radius 2 is 1.97 bits per heavy atom. The molecule has 3 amide bonds. The van der Waals surface area contributed by atoms with Crippen molar-refractivity contribution in [1.29, 1.82) is 0 Å².